The van der Waals surface area contributed by atoms with E-state index in [-0.39, 0.29) is 16.9 Å². The van der Waals surface area contributed by atoms with Crippen LogP contribution in [0.25, 0.3) is 0 Å². The summed E-state index contributed by atoms with van der Waals surface area (Å²) in [5.41, 5.74) is 5.48. The standard InChI is InChI=1S/C22H47N3/c1-7-8-9-10-11-12-13-14-15-16-17-18-19(2)21(3,4)22(5,6)25-20(23)24/h19H,7-18H2,1-6H3,(H4,23,24,25). The third-order valence-electron chi connectivity index (χ3n) is 6.53. The molecule has 0 radical (unpaired) electrons. The maximum atomic E-state index is 7.53. The predicted octanol–water partition coefficient (Wildman–Crippen LogP) is 6.61. The summed E-state index contributed by atoms with van der Waals surface area (Å²) in [6, 6.07) is 0. The molecule has 0 rings (SSSR count). The number of nitrogens with one attached hydrogen (secondary N) is 2. The van der Waals surface area contributed by atoms with Crippen molar-refractivity contribution in [3.63, 3.8) is 0 Å². The highest BCUT2D eigenvalue weighted by Crippen LogP contribution is 2.40. The Hall–Kier alpha value is -0.730. The minimum atomic E-state index is -0.171. The van der Waals surface area contributed by atoms with Gasteiger partial charge in [0.2, 0.25) is 0 Å². The highest BCUT2D eigenvalue weighted by molar-refractivity contribution is 5.75. The molecule has 25 heavy (non-hydrogen) atoms. The Kier molecular flexibility index (Phi) is 12.2. The molecule has 3 nitrogen and oxygen atoms in total. The summed E-state index contributed by atoms with van der Waals surface area (Å²) in [6.45, 7) is 13.5. The van der Waals surface area contributed by atoms with E-state index in [2.05, 4.69) is 46.9 Å². The van der Waals surface area contributed by atoms with Gasteiger partial charge in [0.15, 0.2) is 5.96 Å². The highest BCUT2D eigenvalue weighted by Gasteiger charge is 2.41. The average Bonchev–Trinajstić information content (AvgIpc) is 2.50. The van der Waals surface area contributed by atoms with Crippen molar-refractivity contribution in [2.45, 2.75) is 124 Å². The first-order valence-corrected chi connectivity index (χ1v) is 10.8. The molecule has 0 aliphatic heterocycles. The van der Waals surface area contributed by atoms with Crippen LogP contribution in [0, 0.1) is 16.7 Å². The summed E-state index contributed by atoms with van der Waals surface area (Å²) in [5, 5.41) is 10.7. The van der Waals surface area contributed by atoms with Crippen molar-refractivity contribution in [2.75, 3.05) is 0 Å². The lowest BCUT2D eigenvalue weighted by Gasteiger charge is -2.46. The summed E-state index contributed by atoms with van der Waals surface area (Å²) in [7, 11) is 0. The quantitative estimate of drug-likeness (QED) is 0.176. The number of rotatable bonds is 15. The molecule has 0 spiro atoms. The fraction of sp³-hybridized carbons (Fsp3) is 0.955. The molecular weight excluding hydrogens is 306 g/mol. The lowest BCUT2D eigenvalue weighted by atomic mass is 9.65. The molecule has 0 saturated heterocycles. The molecule has 0 bridgehead atoms. The van der Waals surface area contributed by atoms with Gasteiger partial charge in [0.1, 0.15) is 0 Å². The Morgan fingerprint density at radius 1 is 0.840 bits per heavy atom. The fourth-order valence-electron chi connectivity index (χ4n) is 3.59. The first-order valence-electron chi connectivity index (χ1n) is 10.8. The van der Waals surface area contributed by atoms with E-state index in [1.807, 2.05) is 0 Å². The third kappa shape index (κ3) is 10.1. The van der Waals surface area contributed by atoms with Crippen LogP contribution >= 0.6 is 0 Å². The van der Waals surface area contributed by atoms with E-state index in [0.717, 1.165) is 0 Å². The van der Waals surface area contributed by atoms with Gasteiger partial charge in [-0.25, -0.2) is 0 Å². The number of guanidine groups is 1. The molecule has 0 aromatic carbocycles. The molecule has 0 aliphatic rings. The van der Waals surface area contributed by atoms with Gasteiger partial charge in [0, 0.05) is 5.54 Å². The van der Waals surface area contributed by atoms with Crippen LogP contribution in [0.3, 0.4) is 0 Å². The molecule has 0 aromatic heterocycles. The van der Waals surface area contributed by atoms with Gasteiger partial charge in [-0.1, -0.05) is 105 Å². The number of hydrogen-bond acceptors (Lipinski definition) is 1. The molecule has 0 heterocycles. The van der Waals surface area contributed by atoms with Gasteiger partial charge < -0.3 is 11.1 Å². The lowest BCUT2D eigenvalue weighted by Crippen LogP contribution is -2.57. The van der Waals surface area contributed by atoms with Crippen molar-refractivity contribution in [3.05, 3.63) is 0 Å². The summed E-state index contributed by atoms with van der Waals surface area (Å²) in [4.78, 5) is 0. The number of hydrogen-bond donors (Lipinski definition) is 3. The van der Waals surface area contributed by atoms with E-state index in [1.54, 1.807) is 0 Å². The van der Waals surface area contributed by atoms with Gasteiger partial charge in [-0.2, -0.15) is 0 Å². The van der Waals surface area contributed by atoms with Gasteiger partial charge >= 0.3 is 0 Å². The van der Waals surface area contributed by atoms with E-state index in [1.165, 1.54) is 77.0 Å². The zero-order chi connectivity index (χ0) is 19.3. The first-order chi connectivity index (χ1) is 11.6. The van der Waals surface area contributed by atoms with Crippen LogP contribution in [0.1, 0.15) is 119 Å². The zero-order valence-corrected chi connectivity index (χ0v) is 18.1. The average molecular weight is 354 g/mol. The van der Waals surface area contributed by atoms with Crippen LogP contribution in [0.15, 0.2) is 0 Å². The molecule has 0 aromatic rings. The number of unbranched alkanes of at least 4 members (excludes halogenated alkanes) is 10. The molecule has 150 valence electrons. The summed E-state index contributed by atoms with van der Waals surface area (Å²) < 4.78 is 0. The molecule has 4 N–H and O–H groups in total. The van der Waals surface area contributed by atoms with Crippen LogP contribution in [0.5, 0.6) is 0 Å². The molecule has 1 unspecified atom stereocenters. The molecule has 0 aliphatic carbocycles. The molecule has 0 fully saturated rings. The van der Waals surface area contributed by atoms with Crippen LogP contribution in [-0.4, -0.2) is 11.5 Å². The van der Waals surface area contributed by atoms with Crippen molar-refractivity contribution in [2.24, 2.45) is 17.1 Å². The first kappa shape index (κ1) is 24.3. The summed E-state index contributed by atoms with van der Waals surface area (Å²) in [6.07, 6.45) is 16.6. The van der Waals surface area contributed by atoms with Crippen LogP contribution in [0.4, 0.5) is 0 Å². The lowest BCUT2D eigenvalue weighted by molar-refractivity contribution is 0.0948. The normalized spacial score (nSPS) is 13.7. The van der Waals surface area contributed by atoms with E-state index in [0.29, 0.717) is 5.92 Å². The second-order valence-electron chi connectivity index (χ2n) is 9.11. The fourth-order valence-corrected chi connectivity index (χ4v) is 3.59. The topological polar surface area (TPSA) is 61.9 Å². The monoisotopic (exact) mass is 353 g/mol. The summed E-state index contributed by atoms with van der Waals surface area (Å²) >= 11 is 0. The minimum Gasteiger partial charge on any atom is -0.370 e. The second-order valence-corrected chi connectivity index (χ2v) is 9.11. The maximum Gasteiger partial charge on any atom is 0.186 e. The molecule has 0 saturated carbocycles. The molecule has 1 atom stereocenters. The predicted molar refractivity (Wildman–Crippen MR) is 113 cm³/mol. The molecule has 3 heteroatoms. The summed E-state index contributed by atoms with van der Waals surface area (Å²) in [5.74, 6) is 0.674. The SMILES string of the molecule is CCCCCCCCCCCCCC(C)C(C)(C)C(C)(C)NC(=N)N. The Labute approximate surface area is 158 Å². The highest BCUT2D eigenvalue weighted by atomic mass is 15.1. The zero-order valence-electron chi connectivity index (χ0n) is 18.1. The van der Waals surface area contributed by atoms with Gasteiger partial charge in [-0.3, -0.25) is 5.41 Å². The van der Waals surface area contributed by atoms with Gasteiger partial charge in [0.25, 0.3) is 0 Å². The van der Waals surface area contributed by atoms with Crippen molar-refractivity contribution >= 4 is 5.96 Å². The van der Waals surface area contributed by atoms with Gasteiger partial charge in [0.05, 0.1) is 0 Å². The number of nitrogens with two attached hydrogens (primary N) is 1. The Morgan fingerprint density at radius 3 is 1.64 bits per heavy atom. The van der Waals surface area contributed by atoms with E-state index >= 15 is 0 Å². The van der Waals surface area contributed by atoms with Crippen molar-refractivity contribution in [1.82, 2.24) is 5.32 Å². The van der Waals surface area contributed by atoms with E-state index in [4.69, 9.17) is 11.1 Å². The van der Waals surface area contributed by atoms with Crippen molar-refractivity contribution < 1.29 is 0 Å². The Bertz CT molecular complexity index is 347. The van der Waals surface area contributed by atoms with Crippen LogP contribution in [0.2, 0.25) is 0 Å². The van der Waals surface area contributed by atoms with Crippen LogP contribution in [-0.2, 0) is 0 Å². The second kappa shape index (κ2) is 12.6. The van der Waals surface area contributed by atoms with E-state index in [9.17, 15) is 0 Å². The largest absolute Gasteiger partial charge is 0.370 e. The third-order valence-corrected chi connectivity index (χ3v) is 6.53. The minimum absolute atomic E-state index is 0.0694. The van der Waals surface area contributed by atoms with E-state index < -0.39 is 0 Å². The van der Waals surface area contributed by atoms with Gasteiger partial charge in [-0.15, -0.1) is 0 Å². The van der Waals surface area contributed by atoms with Crippen molar-refractivity contribution in [3.8, 4) is 0 Å². The smallest absolute Gasteiger partial charge is 0.186 e. The van der Waals surface area contributed by atoms with Crippen molar-refractivity contribution in [1.29, 1.82) is 5.41 Å². The molecular formula is C22H47N3. The maximum absolute atomic E-state index is 7.53. The van der Waals surface area contributed by atoms with Crippen LogP contribution < -0.4 is 11.1 Å². The Balaban J connectivity index is 3.82. The Morgan fingerprint density at radius 2 is 1.24 bits per heavy atom. The van der Waals surface area contributed by atoms with Gasteiger partial charge in [-0.05, 0) is 25.2 Å². The molecule has 0 amide bonds.